The molecule has 0 spiro atoms. The Kier molecular flexibility index (Phi) is 2.60. The van der Waals surface area contributed by atoms with Crippen LogP contribution in [-0.4, -0.2) is 22.9 Å². The largest absolute Gasteiger partial charge is 0.478 e. The van der Waals surface area contributed by atoms with Crippen molar-refractivity contribution in [2.45, 2.75) is 19.4 Å². The van der Waals surface area contributed by atoms with Gasteiger partial charge in [0.1, 0.15) is 5.82 Å². The monoisotopic (exact) mass is 223 g/mol. The van der Waals surface area contributed by atoms with Crippen molar-refractivity contribution in [2.75, 3.05) is 0 Å². The van der Waals surface area contributed by atoms with Crippen molar-refractivity contribution in [2.24, 2.45) is 5.16 Å². The first kappa shape index (κ1) is 10.6. The van der Waals surface area contributed by atoms with E-state index in [1.807, 2.05) is 0 Å². The van der Waals surface area contributed by atoms with Gasteiger partial charge in [-0.15, -0.1) is 0 Å². The third-order valence-corrected chi connectivity index (χ3v) is 2.44. The van der Waals surface area contributed by atoms with Gasteiger partial charge < -0.3 is 9.94 Å². The first-order chi connectivity index (χ1) is 7.58. The Hall–Kier alpha value is -1.91. The lowest BCUT2D eigenvalue weighted by atomic mass is 10.0. The fourth-order valence-corrected chi connectivity index (χ4v) is 1.50. The molecule has 0 radical (unpaired) electrons. The average Bonchev–Trinajstić information content (AvgIpc) is 2.71. The highest BCUT2D eigenvalue weighted by molar-refractivity contribution is 6.03. The summed E-state index contributed by atoms with van der Waals surface area (Å²) in [5.41, 5.74) is 1.73. The molecule has 1 aliphatic heterocycles. The van der Waals surface area contributed by atoms with Crippen LogP contribution in [0.2, 0.25) is 0 Å². The van der Waals surface area contributed by atoms with Crippen LogP contribution in [0, 0.1) is 12.7 Å². The Balaban J connectivity index is 2.21. The van der Waals surface area contributed by atoms with Gasteiger partial charge >= 0.3 is 5.97 Å². The van der Waals surface area contributed by atoms with E-state index in [1.165, 1.54) is 6.07 Å². The maximum Gasteiger partial charge on any atom is 0.348 e. The first-order valence-electron chi connectivity index (χ1n) is 4.80. The lowest BCUT2D eigenvalue weighted by molar-refractivity contribution is -0.148. The number of rotatable bonds is 2. The van der Waals surface area contributed by atoms with Crippen molar-refractivity contribution in [3.8, 4) is 0 Å². The van der Waals surface area contributed by atoms with Crippen LogP contribution in [0.15, 0.2) is 23.4 Å². The van der Waals surface area contributed by atoms with Gasteiger partial charge in [-0.05, 0) is 30.2 Å². The highest BCUT2D eigenvalue weighted by Gasteiger charge is 2.28. The normalized spacial score (nSPS) is 19.1. The Labute approximate surface area is 91.3 Å². The summed E-state index contributed by atoms with van der Waals surface area (Å²) < 4.78 is 13.0. The van der Waals surface area contributed by atoms with Crippen LogP contribution in [0.1, 0.15) is 17.5 Å². The summed E-state index contributed by atoms with van der Waals surface area (Å²) in [5.74, 6) is -1.34. The van der Waals surface area contributed by atoms with Gasteiger partial charge in [0.25, 0.3) is 0 Å². The van der Waals surface area contributed by atoms with Crippen molar-refractivity contribution < 1.29 is 19.1 Å². The number of carboxylic acid groups (broad SMARTS) is 1. The van der Waals surface area contributed by atoms with E-state index in [9.17, 15) is 9.18 Å². The average molecular weight is 223 g/mol. The van der Waals surface area contributed by atoms with Gasteiger partial charge in [0.15, 0.2) is 0 Å². The summed E-state index contributed by atoms with van der Waals surface area (Å²) in [6.45, 7) is 1.64. The van der Waals surface area contributed by atoms with Gasteiger partial charge in [0, 0.05) is 6.42 Å². The second kappa shape index (κ2) is 3.92. The van der Waals surface area contributed by atoms with Gasteiger partial charge in [0.05, 0.1) is 5.71 Å². The third kappa shape index (κ3) is 1.88. The molecule has 4 nitrogen and oxygen atoms in total. The smallest absolute Gasteiger partial charge is 0.348 e. The number of carbonyl (C=O) groups is 1. The van der Waals surface area contributed by atoms with E-state index in [0.717, 1.165) is 0 Å². The molecule has 1 atom stereocenters. The Morgan fingerprint density at radius 2 is 2.38 bits per heavy atom. The van der Waals surface area contributed by atoms with E-state index >= 15 is 0 Å². The zero-order chi connectivity index (χ0) is 11.7. The second-order valence-electron chi connectivity index (χ2n) is 3.64. The number of benzene rings is 1. The van der Waals surface area contributed by atoms with Crippen LogP contribution < -0.4 is 0 Å². The van der Waals surface area contributed by atoms with E-state index in [1.54, 1.807) is 19.1 Å². The number of hydrogen-bond donors (Lipinski definition) is 1. The standard InChI is InChI=1S/C11H10FNO3/c1-6-4-7(2-3-8(6)12)9-5-10(11(14)15)16-13-9/h2-4,10H,5H2,1H3,(H,14,15). The second-order valence-corrected chi connectivity index (χ2v) is 3.64. The number of hydrogen-bond acceptors (Lipinski definition) is 3. The fourth-order valence-electron chi connectivity index (χ4n) is 1.50. The molecule has 5 heteroatoms. The molecule has 1 aromatic carbocycles. The Morgan fingerprint density at radius 1 is 1.62 bits per heavy atom. The molecule has 84 valence electrons. The summed E-state index contributed by atoms with van der Waals surface area (Å²) in [6, 6.07) is 4.53. The highest BCUT2D eigenvalue weighted by atomic mass is 19.1. The molecule has 0 amide bonds. The van der Waals surface area contributed by atoms with Crippen molar-refractivity contribution in [3.63, 3.8) is 0 Å². The summed E-state index contributed by atoms with van der Waals surface area (Å²) in [6.07, 6.45) is -0.721. The van der Waals surface area contributed by atoms with Crippen LogP contribution in [0.4, 0.5) is 4.39 Å². The Morgan fingerprint density at radius 3 is 2.94 bits per heavy atom. The minimum Gasteiger partial charge on any atom is -0.478 e. The van der Waals surface area contributed by atoms with Gasteiger partial charge in [-0.2, -0.15) is 0 Å². The summed E-state index contributed by atoms with van der Waals surface area (Å²) in [4.78, 5) is 15.4. The predicted octanol–water partition coefficient (Wildman–Crippen LogP) is 1.71. The van der Waals surface area contributed by atoms with Gasteiger partial charge in [0.2, 0.25) is 6.10 Å². The molecule has 1 N–H and O–H groups in total. The third-order valence-electron chi connectivity index (χ3n) is 2.44. The molecule has 16 heavy (non-hydrogen) atoms. The van der Waals surface area contributed by atoms with E-state index < -0.39 is 12.1 Å². The molecule has 2 rings (SSSR count). The van der Waals surface area contributed by atoms with Gasteiger partial charge in [-0.1, -0.05) is 11.2 Å². The molecule has 1 aliphatic rings. The van der Waals surface area contributed by atoms with E-state index in [0.29, 0.717) is 16.8 Å². The van der Waals surface area contributed by atoms with Crippen molar-refractivity contribution >= 4 is 11.7 Å². The summed E-state index contributed by atoms with van der Waals surface area (Å²) in [7, 11) is 0. The van der Waals surface area contributed by atoms with Gasteiger partial charge in [-0.3, -0.25) is 0 Å². The highest BCUT2D eigenvalue weighted by Crippen LogP contribution is 2.18. The van der Waals surface area contributed by atoms with Crippen LogP contribution in [0.5, 0.6) is 0 Å². The number of carboxylic acids is 1. The lowest BCUT2D eigenvalue weighted by Gasteiger charge is -2.02. The maximum absolute atomic E-state index is 13.0. The molecular weight excluding hydrogens is 213 g/mol. The van der Waals surface area contributed by atoms with Gasteiger partial charge in [-0.25, -0.2) is 9.18 Å². The molecule has 0 saturated carbocycles. The van der Waals surface area contributed by atoms with E-state index in [4.69, 9.17) is 9.94 Å². The summed E-state index contributed by atoms with van der Waals surface area (Å²) in [5, 5.41) is 12.4. The first-order valence-corrected chi connectivity index (χ1v) is 4.80. The van der Waals surface area contributed by atoms with Crippen LogP contribution in [0.25, 0.3) is 0 Å². The minimum atomic E-state index is -1.04. The quantitative estimate of drug-likeness (QED) is 0.830. The number of aryl methyl sites for hydroxylation is 1. The van der Waals surface area contributed by atoms with Crippen LogP contribution in [-0.2, 0) is 9.63 Å². The van der Waals surface area contributed by atoms with Crippen LogP contribution >= 0.6 is 0 Å². The molecule has 1 heterocycles. The molecule has 0 aromatic heterocycles. The number of halogens is 1. The van der Waals surface area contributed by atoms with E-state index in [-0.39, 0.29) is 12.2 Å². The molecule has 0 aliphatic carbocycles. The predicted molar refractivity (Wildman–Crippen MR) is 54.8 cm³/mol. The minimum absolute atomic E-state index is 0.209. The van der Waals surface area contributed by atoms with Crippen molar-refractivity contribution in [3.05, 3.63) is 35.1 Å². The zero-order valence-corrected chi connectivity index (χ0v) is 8.61. The molecular formula is C11H10FNO3. The maximum atomic E-state index is 13.0. The number of oxime groups is 1. The lowest BCUT2D eigenvalue weighted by Crippen LogP contribution is -2.19. The Bertz CT molecular complexity index is 470. The zero-order valence-electron chi connectivity index (χ0n) is 8.61. The fraction of sp³-hybridized carbons (Fsp3) is 0.273. The van der Waals surface area contributed by atoms with Crippen LogP contribution in [0.3, 0.4) is 0 Å². The SMILES string of the molecule is Cc1cc(C2=NOC(C(=O)O)C2)ccc1F. The van der Waals surface area contributed by atoms with E-state index in [2.05, 4.69) is 5.16 Å². The molecule has 0 fully saturated rings. The topological polar surface area (TPSA) is 58.9 Å². The number of nitrogens with zero attached hydrogens (tertiary/aromatic N) is 1. The molecule has 1 aromatic rings. The van der Waals surface area contributed by atoms with Crippen molar-refractivity contribution in [1.29, 1.82) is 0 Å². The molecule has 1 unspecified atom stereocenters. The summed E-state index contributed by atoms with van der Waals surface area (Å²) >= 11 is 0. The number of aliphatic carboxylic acids is 1. The van der Waals surface area contributed by atoms with Crippen molar-refractivity contribution in [1.82, 2.24) is 0 Å². The molecule has 0 bridgehead atoms. The molecule has 0 saturated heterocycles.